The molecular formula is C15H10BrNO3S. The minimum absolute atomic E-state index is 0.140. The van der Waals surface area contributed by atoms with Crippen molar-refractivity contribution in [2.45, 2.75) is 9.79 Å². The highest BCUT2D eigenvalue weighted by atomic mass is 79.9. The standard InChI is InChI=1S/C15H10BrNO3S/c16-11-6-7-13-10(8-11)9-14(15(17)20-13)21(18,19)12-4-2-1-3-5-12/h1-9,17H. The van der Waals surface area contributed by atoms with E-state index in [1.807, 2.05) is 0 Å². The first-order chi connectivity index (χ1) is 9.98. The summed E-state index contributed by atoms with van der Waals surface area (Å²) in [6, 6.07) is 14.7. The summed E-state index contributed by atoms with van der Waals surface area (Å²) in [5, 5.41) is 8.47. The van der Waals surface area contributed by atoms with Gasteiger partial charge in [-0.1, -0.05) is 34.1 Å². The molecule has 3 rings (SSSR count). The van der Waals surface area contributed by atoms with Crippen molar-refractivity contribution in [3.63, 3.8) is 0 Å². The van der Waals surface area contributed by atoms with Crippen molar-refractivity contribution in [2.75, 3.05) is 0 Å². The average molecular weight is 364 g/mol. The van der Waals surface area contributed by atoms with Gasteiger partial charge in [-0.15, -0.1) is 0 Å². The first-order valence-corrected chi connectivity index (χ1v) is 8.34. The molecule has 2 aromatic carbocycles. The summed E-state index contributed by atoms with van der Waals surface area (Å²) in [5.41, 5.74) is 0.101. The van der Waals surface area contributed by atoms with Crippen LogP contribution in [0, 0.1) is 5.41 Å². The largest absolute Gasteiger partial charge is 0.438 e. The number of fused-ring (bicyclic) bond motifs is 1. The predicted molar refractivity (Wildman–Crippen MR) is 81.7 cm³/mol. The van der Waals surface area contributed by atoms with Crippen molar-refractivity contribution >= 4 is 36.7 Å². The fourth-order valence-corrected chi connectivity index (χ4v) is 3.73. The van der Waals surface area contributed by atoms with Crippen LogP contribution in [0.4, 0.5) is 0 Å². The van der Waals surface area contributed by atoms with E-state index in [0.29, 0.717) is 11.0 Å². The average Bonchev–Trinajstić information content (AvgIpc) is 2.48. The number of halogens is 1. The highest BCUT2D eigenvalue weighted by Gasteiger charge is 2.21. The van der Waals surface area contributed by atoms with Crippen LogP contribution in [0.1, 0.15) is 0 Å². The van der Waals surface area contributed by atoms with Gasteiger partial charge in [0.25, 0.3) is 0 Å². The van der Waals surface area contributed by atoms with Crippen molar-refractivity contribution in [2.24, 2.45) is 0 Å². The lowest BCUT2D eigenvalue weighted by molar-refractivity contribution is 0.506. The second kappa shape index (κ2) is 5.13. The van der Waals surface area contributed by atoms with Crippen LogP contribution in [-0.2, 0) is 9.84 Å². The summed E-state index contributed by atoms with van der Waals surface area (Å²) in [5.74, 6) is 0. The van der Waals surface area contributed by atoms with Crippen molar-refractivity contribution in [3.8, 4) is 0 Å². The van der Waals surface area contributed by atoms with E-state index in [-0.39, 0.29) is 15.3 Å². The predicted octanol–water partition coefficient (Wildman–Crippen LogP) is 3.51. The van der Waals surface area contributed by atoms with Gasteiger partial charge in [-0.2, -0.15) is 0 Å². The first-order valence-electron chi connectivity index (χ1n) is 6.06. The number of rotatable bonds is 2. The molecule has 0 radical (unpaired) electrons. The number of nitrogens with one attached hydrogen (secondary N) is 1. The fourth-order valence-electron chi connectivity index (χ4n) is 2.02. The minimum atomic E-state index is -3.77. The van der Waals surface area contributed by atoms with Gasteiger partial charge in [0.15, 0.2) is 0 Å². The van der Waals surface area contributed by atoms with Crippen molar-refractivity contribution in [1.29, 1.82) is 5.41 Å². The smallest absolute Gasteiger partial charge is 0.231 e. The molecule has 21 heavy (non-hydrogen) atoms. The number of benzene rings is 2. The molecule has 0 saturated heterocycles. The normalized spacial score (nSPS) is 11.7. The van der Waals surface area contributed by atoms with Crippen molar-refractivity contribution in [3.05, 3.63) is 64.6 Å². The second-order valence-electron chi connectivity index (χ2n) is 4.44. The van der Waals surface area contributed by atoms with E-state index in [9.17, 15) is 8.42 Å². The zero-order valence-corrected chi connectivity index (χ0v) is 13.1. The molecule has 1 heterocycles. The highest BCUT2D eigenvalue weighted by molar-refractivity contribution is 9.10. The van der Waals surface area contributed by atoms with Gasteiger partial charge in [-0.25, -0.2) is 8.42 Å². The fraction of sp³-hybridized carbons (Fsp3) is 0. The molecule has 6 heteroatoms. The molecule has 0 aliphatic heterocycles. The van der Waals surface area contributed by atoms with Crippen LogP contribution in [0.3, 0.4) is 0 Å². The van der Waals surface area contributed by atoms with Gasteiger partial charge in [-0.05, 0) is 36.4 Å². The highest BCUT2D eigenvalue weighted by Crippen LogP contribution is 2.23. The van der Waals surface area contributed by atoms with E-state index in [4.69, 9.17) is 9.83 Å². The Hall–Kier alpha value is -1.92. The van der Waals surface area contributed by atoms with Crippen LogP contribution >= 0.6 is 15.9 Å². The molecule has 0 aliphatic carbocycles. The van der Waals surface area contributed by atoms with Gasteiger partial charge >= 0.3 is 0 Å². The summed E-state index contributed by atoms with van der Waals surface area (Å²) >= 11 is 3.33. The zero-order chi connectivity index (χ0) is 15.0. The third-order valence-electron chi connectivity index (χ3n) is 3.04. The van der Waals surface area contributed by atoms with Gasteiger partial charge in [0.2, 0.25) is 15.4 Å². The number of hydrogen-bond donors (Lipinski definition) is 1. The maximum absolute atomic E-state index is 12.6. The Morgan fingerprint density at radius 2 is 1.71 bits per heavy atom. The maximum Gasteiger partial charge on any atom is 0.231 e. The summed E-state index contributed by atoms with van der Waals surface area (Å²) in [4.78, 5) is 0.00217. The molecule has 1 aromatic heterocycles. The molecule has 0 spiro atoms. The third kappa shape index (κ3) is 2.52. The van der Waals surface area contributed by atoms with Crippen LogP contribution in [0.15, 0.2) is 73.3 Å². The van der Waals surface area contributed by atoms with E-state index < -0.39 is 9.84 Å². The van der Waals surface area contributed by atoms with E-state index in [2.05, 4.69) is 15.9 Å². The van der Waals surface area contributed by atoms with E-state index >= 15 is 0 Å². The Morgan fingerprint density at radius 1 is 1.00 bits per heavy atom. The molecule has 0 saturated carbocycles. The molecule has 0 amide bonds. The lowest BCUT2D eigenvalue weighted by atomic mass is 10.2. The summed E-state index contributed by atoms with van der Waals surface area (Å²) in [7, 11) is -3.77. The third-order valence-corrected chi connectivity index (χ3v) is 5.31. The Morgan fingerprint density at radius 3 is 2.43 bits per heavy atom. The van der Waals surface area contributed by atoms with E-state index in [0.717, 1.165) is 4.47 Å². The molecule has 1 N–H and O–H groups in total. The number of sulfone groups is 1. The summed E-state index contributed by atoms with van der Waals surface area (Å²) in [6.45, 7) is 0. The zero-order valence-electron chi connectivity index (χ0n) is 10.7. The van der Waals surface area contributed by atoms with Crippen LogP contribution in [0.25, 0.3) is 11.0 Å². The van der Waals surface area contributed by atoms with Crippen LogP contribution in [0.5, 0.6) is 0 Å². The Bertz CT molecular complexity index is 979. The molecule has 3 aromatic rings. The molecule has 0 aliphatic rings. The van der Waals surface area contributed by atoms with Crippen LogP contribution < -0.4 is 5.55 Å². The van der Waals surface area contributed by atoms with Gasteiger partial charge < -0.3 is 4.42 Å². The van der Waals surface area contributed by atoms with Crippen molar-refractivity contribution < 1.29 is 12.8 Å². The Balaban J connectivity index is 2.30. The van der Waals surface area contributed by atoms with E-state index in [1.54, 1.807) is 36.4 Å². The molecular weight excluding hydrogens is 354 g/mol. The molecule has 0 atom stereocenters. The molecule has 4 nitrogen and oxygen atoms in total. The van der Waals surface area contributed by atoms with Gasteiger partial charge in [0.05, 0.1) is 4.90 Å². The van der Waals surface area contributed by atoms with E-state index in [1.165, 1.54) is 18.2 Å². The first kappa shape index (κ1) is 14.0. The summed E-state index contributed by atoms with van der Waals surface area (Å²) in [6.07, 6.45) is 0. The molecule has 106 valence electrons. The maximum atomic E-state index is 12.6. The second-order valence-corrected chi connectivity index (χ2v) is 7.27. The van der Waals surface area contributed by atoms with Crippen LogP contribution in [-0.4, -0.2) is 8.42 Å². The van der Waals surface area contributed by atoms with Gasteiger partial charge in [0, 0.05) is 9.86 Å². The SMILES string of the molecule is N=c1oc2ccc(Br)cc2cc1S(=O)(=O)c1ccccc1. The van der Waals surface area contributed by atoms with Gasteiger partial charge in [0.1, 0.15) is 10.5 Å². The van der Waals surface area contributed by atoms with Crippen LogP contribution in [0.2, 0.25) is 0 Å². The number of hydrogen-bond acceptors (Lipinski definition) is 4. The Kier molecular flexibility index (Phi) is 3.43. The summed E-state index contributed by atoms with van der Waals surface area (Å²) < 4.78 is 31.3. The van der Waals surface area contributed by atoms with Gasteiger partial charge in [-0.3, -0.25) is 5.41 Å². The van der Waals surface area contributed by atoms with Crippen molar-refractivity contribution in [1.82, 2.24) is 0 Å². The lowest BCUT2D eigenvalue weighted by Gasteiger charge is -2.06. The molecule has 0 bridgehead atoms. The molecule has 0 fully saturated rings. The Labute approximate surface area is 129 Å². The monoisotopic (exact) mass is 363 g/mol. The topological polar surface area (TPSA) is 71.1 Å². The lowest BCUT2D eigenvalue weighted by Crippen LogP contribution is -2.14. The molecule has 0 unspecified atom stereocenters. The quantitative estimate of drug-likeness (QED) is 0.757. The minimum Gasteiger partial charge on any atom is -0.438 e.